The van der Waals surface area contributed by atoms with Crippen molar-refractivity contribution >= 4 is 44.6 Å². The number of rotatable bonds is 2. The van der Waals surface area contributed by atoms with Crippen LogP contribution in [0.5, 0.6) is 0 Å². The molecule has 3 N–H and O–H groups in total. The fourth-order valence-electron chi connectivity index (χ4n) is 1.41. The lowest BCUT2D eigenvalue weighted by molar-refractivity contribution is 0.628. The smallest absolute Gasteiger partial charge is 0.147 e. The molecular formula is C12H8BrClF2N2. The molecule has 0 spiro atoms. The zero-order chi connectivity index (χ0) is 13.3. The first-order valence-corrected chi connectivity index (χ1v) is 6.11. The second-order valence-corrected chi connectivity index (χ2v) is 4.93. The van der Waals surface area contributed by atoms with E-state index in [9.17, 15) is 8.78 Å². The van der Waals surface area contributed by atoms with Crippen LogP contribution in [0, 0.1) is 11.6 Å². The Hall–Kier alpha value is -1.33. The predicted octanol–water partition coefficient (Wildman–Crippen LogP) is 4.71. The molecule has 0 radical (unpaired) electrons. The van der Waals surface area contributed by atoms with Crippen LogP contribution >= 0.6 is 27.5 Å². The van der Waals surface area contributed by atoms with E-state index in [1.165, 1.54) is 18.2 Å². The average molecular weight is 334 g/mol. The quantitative estimate of drug-likeness (QED) is 0.781. The van der Waals surface area contributed by atoms with Crippen LogP contribution in [-0.4, -0.2) is 0 Å². The highest BCUT2D eigenvalue weighted by atomic mass is 79.9. The SMILES string of the molecule is Nc1cc(F)c(Cl)cc1Nc1ccc(Br)cc1F. The van der Waals surface area contributed by atoms with Crippen molar-refractivity contribution in [2.24, 2.45) is 0 Å². The second-order valence-electron chi connectivity index (χ2n) is 3.60. The third-order valence-corrected chi connectivity index (χ3v) is 3.08. The molecule has 18 heavy (non-hydrogen) atoms. The summed E-state index contributed by atoms with van der Waals surface area (Å²) >= 11 is 8.80. The summed E-state index contributed by atoms with van der Waals surface area (Å²) < 4.78 is 27.3. The normalized spacial score (nSPS) is 10.4. The van der Waals surface area contributed by atoms with Gasteiger partial charge in [-0.15, -0.1) is 0 Å². The van der Waals surface area contributed by atoms with E-state index in [1.54, 1.807) is 6.07 Å². The number of anilines is 3. The monoisotopic (exact) mass is 332 g/mol. The van der Waals surface area contributed by atoms with Crippen LogP contribution in [0.15, 0.2) is 34.8 Å². The van der Waals surface area contributed by atoms with E-state index < -0.39 is 11.6 Å². The lowest BCUT2D eigenvalue weighted by Gasteiger charge is -2.11. The number of hydrogen-bond acceptors (Lipinski definition) is 2. The zero-order valence-corrected chi connectivity index (χ0v) is 11.3. The van der Waals surface area contributed by atoms with Crippen molar-refractivity contribution in [2.45, 2.75) is 0 Å². The minimum atomic E-state index is -0.615. The Morgan fingerprint density at radius 2 is 1.78 bits per heavy atom. The van der Waals surface area contributed by atoms with Gasteiger partial charge in [-0.1, -0.05) is 27.5 Å². The molecule has 94 valence electrons. The Morgan fingerprint density at radius 3 is 2.44 bits per heavy atom. The highest BCUT2D eigenvalue weighted by molar-refractivity contribution is 9.10. The summed E-state index contributed by atoms with van der Waals surface area (Å²) in [4.78, 5) is 0. The van der Waals surface area contributed by atoms with Crippen molar-refractivity contribution in [3.8, 4) is 0 Å². The molecule has 0 unspecified atom stereocenters. The first-order chi connectivity index (χ1) is 8.47. The fourth-order valence-corrected chi connectivity index (χ4v) is 1.90. The summed E-state index contributed by atoms with van der Waals surface area (Å²) in [7, 11) is 0. The van der Waals surface area contributed by atoms with Crippen LogP contribution in [0.4, 0.5) is 25.8 Å². The third kappa shape index (κ3) is 2.73. The molecule has 2 aromatic rings. The predicted molar refractivity (Wildman–Crippen MR) is 73.2 cm³/mol. The van der Waals surface area contributed by atoms with Crippen LogP contribution in [0.2, 0.25) is 5.02 Å². The molecule has 0 saturated carbocycles. The van der Waals surface area contributed by atoms with Gasteiger partial charge in [-0.25, -0.2) is 8.78 Å². The van der Waals surface area contributed by atoms with Crippen LogP contribution < -0.4 is 11.1 Å². The van der Waals surface area contributed by atoms with Crippen LogP contribution in [0.3, 0.4) is 0 Å². The fraction of sp³-hybridized carbons (Fsp3) is 0. The molecule has 2 rings (SSSR count). The van der Waals surface area contributed by atoms with Gasteiger partial charge in [0.2, 0.25) is 0 Å². The van der Waals surface area contributed by atoms with E-state index in [0.29, 0.717) is 10.2 Å². The van der Waals surface area contributed by atoms with E-state index in [0.717, 1.165) is 6.07 Å². The Kier molecular flexibility index (Phi) is 3.73. The number of nitrogen functional groups attached to an aromatic ring is 1. The number of hydrogen-bond donors (Lipinski definition) is 2. The first-order valence-electron chi connectivity index (χ1n) is 4.94. The highest BCUT2D eigenvalue weighted by Crippen LogP contribution is 2.30. The molecule has 0 aliphatic rings. The van der Waals surface area contributed by atoms with Gasteiger partial charge in [0.15, 0.2) is 0 Å². The van der Waals surface area contributed by atoms with E-state index >= 15 is 0 Å². The van der Waals surface area contributed by atoms with Crippen LogP contribution in [0.25, 0.3) is 0 Å². The number of halogens is 4. The van der Waals surface area contributed by atoms with E-state index in [4.69, 9.17) is 17.3 Å². The maximum absolute atomic E-state index is 13.6. The summed E-state index contributed by atoms with van der Waals surface area (Å²) in [6, 6.07) is 6.92. The Balaban J connectivity index is 2.37. The summed E-state index contributed by atoms with van der Waals surface area (Å²) in [5.74, 6) is -1.07. The topological polar surface area (TPSA) is 38.0 Å². The van der Waals surface area contributed by atoms with Gasteiger partial charge >= 0.3 is 0 Å². The Labute approximate surface area is 116 Å². The van der Waals surface area contributed by atoms with Crippen molar-refractivity contribution in [1.29, 1.82) is 0 Å². The number of nitrogens with two attached hydrogens (primary N) is 1. The molecule has 0 atom stereocenters. The molecular weight excluding hydrogens is 325 g/mol. The minimum absolute atomic E-state index is 0.0794. The molecule has 0 amide bonds. The van der Waals surface area contributed by atoms with Gasteiger partial charge in [-0.3, -0.25) is 0 Å². The third-order valence-electron chi connectivity index (χ3n) is 2.29. The molecule has 0 fully saturated rings. The Morgan fingerprint density at radius 1 is 1.06 bits per heavy atom. The maximum Gasteiger partial charge on any atom is 0.147 e. The van der Waals surface area contributed by atoms with Gasteiger partial charge in [-0.2, -0.15) is 0 Å². The summed E-state index contributed by atoms with van der Waals surface area (Å²) in [6.45, 7) is 0. The minimum Gasteiger partial charge on any atom is -0.397 e. The molecule has 0 heterocycles. The van der Waals surface area contributed by atoms with Crippen molar-refractivity contribution < 1.29 is 8.78 Å². The van der Waals surface area contributed by atoms with Crippen LogP contribution in [-0.2, 0) is 0 Å². The summed E-state index contributed by atoms with van der Waals surface area (Å²) in [5.41, 5.74) is 6.36. The van der Waals surface area contributed by atoms with Gasteiger partial charge in [-0.05, 0) is 24.3 Å². The zero-order valence-electron chi connectivity index (χ0n) is 8.98. The van der Waals surface area contributed by atoms with E-state index in [2.05, 4.69) is 21.2 Å². The first kappa shape index (κ1) is 13.1. The molecule has 6 heteroatoms. The average Bonchev–Trinajstić information content (AvgIpc) is 2.29. The maximum atomic E-state index is 13.6. The molecule has 0 aliphatic carbocycles. The van der Waals surface area contributed by atoms with Gasteiger partial charge < -0.3 is 11.1 Å². The molecule has 0 bridgehead atoms. The van der Waals surface area contributed by atoms with E-state index in [1.807, 2.05) is 0 Å². The molecule has 2 nitrogen and oxygen atoms in total. The van der Waals surface area contributed by atoms with Crippen molar-refractivity contribution in [3.63, 3.8) is 0 Å². The van der Waals surface area contributed by atoms with Gasteiger partial charge in [0, 0.05) is 10.5 Å². The molecule has 0 saturated heterocycles. The molecule has 0 aromatic heterocycles. The van der Waals surface area contributed by atoms with E-state index in [-0.39, 0.29) is 16.4 Å². The lowest BCUT2D eigenvalue weighted by atomic mass is 10.2. The summed E-state index contributed by atoms with van der Waals surface area (Å²) in [5, 5.41) is 2.68. The van der Waals surface area contributed by atoms with Gasteiger partial charge in [0.05, 0.1) is 22.1 Å². The number of nitrogens with one attached hydrogen (secondary N) is 1. The summed E-state index contributed by atoms with van der Waals surface area (Å²) in [6.07, 6.45) is 0. The highest BCUT2D eigenvalue weighted by Gasteiger charge is 2.09. The molecule has 2 aromatic carbocycles. The standard InChI is InChI=1S/C12H8BrClF2N2/c13-6-1-2-11(9(16)3-6)18-12-4-7(14)8(15)5-10(12)17/h1-5,18H,17H2. The van der Waals surface area contributed by atoms with Crippen molar-refractivity contribution in [1.82, 2.24) is 0 Å². The van der Waals surface area contributed by atoms with Crippen molar-refractivity contribution in [2.75, 3.05) is 11.1 Å². The Bertz CT molecular complexity index is 605. The molecule has 0 aliphatic heterocycles. The van der Waals surface area contributed by atoms with Crippen molar-refractivity contribution in [3.05, 3.63) is 51.5 Å². The largest absolute Gasteiger partial charge is 0.397 e. The van der Waals surface area contributed by atoms with Gasteiger partial charge in [0.25, 0.3) is 0 Å². The lowest BCUT2D eigenvalue weighted by Crippen LogP contribution is -1.99. The number of benzene rings is 2. The van der Waals surface area contributed by atoms with Gasteiger partial charge in [0.1, 0.15) is 11.6 Å². The second kappa shape index (κ2) is 5.12. The van der Waals surface area contributed by atoms with Crippen LogP contribution in [0.1, 0.15) is 0 Å².